The van der Waals surface area contributed by atoms with Gasteiger partial charge >= 0.3 is 6.18 Å². The molecule has 0 radical (unpaired) electrons. The highest BCUT2D eigenvalue weighted by Crippen LogP contribution is 2.22. The highest BCUT2D eigenvalue weighted by Gasteiger charge is 2.38. The zero-order chi connectivity index (χ0) is 12.3. The zero-order valence-electron chi connectivity index (χ0n) is 8.88. The van der Waals surface area contributed by atoms with Crippen molar-refractivity contribution in [2.75, 3.05) is 6.54 Å². The van der Waals surface area contributed by atoms with Gasteiger partial charge in [0.2, 0.25) is 0 Å². The van der Waals surface area contributed by atoms with E-state index >= 15 is 0 Å². The second-order valence-electron chi connectivity index (χ2n) is 3.50. The number of hydrogen-bond donors (Lipinski definition) is 2. The maximum atomic E-state index is 12.0. The summed E-state index contributed by atoms with van der Waals surface area (Å²) in [7, 11) is 0. The minimum absolute atomic E-state index is 0.296. The molecule has 2 atom stereocenters. The van der Waals surface area contributed by atoms with Crippen molar-refractivity contribution in [2.45, 2.75) is 32.2 Å². The molecule has 1 aromatic rings. The van der Waals surface area contributed by atoms with Crippen LogP contribution >= 0.6 is 11.3 Å². The number of rotatable bonds is 4. The van der Waals surface area contributed by atoms with Gasteiger partial charge in [-0.2, -0.15) is 13.2 Å². The summed E-state index contributed by atoms with van der Waals surface area (Å²) < 4.78 is 36.0. The van der Waals surface area contributed by atoms with E-state index in [2.05, 4.69) is 10.3 Å². The Labute approximate surface area is 95.3 Å². The number of nitrogens with zero attached hydrogens (tertiary/aromatic N) is 1. The molecule has 1 heterocycles. The number of aromatic nitrogens is 1. The van der Waals surface area contributed by atoms with Crippen molar-refractivity contribution >= 4 is 11.3 Å². The lowest BCUT2D eigenvalue weighted by Gasteiger charge is -2.17. The molecule has 2 unspecified atom stereocenters. The summed E-state index contributed by atoms with van der Waals surface area (Å²) in [6, 6.07) is -0.296. The SMILES string of the molecule is Cc1cnc(C(C)NCC(O)C(F)(F)F)s1. The second-order valence-corrected chi connectivity index (χ2v) is 4.76. The van der Waals surface area contributed by atoms with Crippen LogP contribution in [0.5, 0.6) is 0 Å². The number of hydrogen-bond acceptors (Lipinski definition) is 4. The Bertz CT molecular complexity index is 340. The van der Waals surface area contributed by atoms with Gasteiger partial charge in [-0.3, -0.25) is 0 Å². The van der Waals surface area contributed by atoms with E-state index in [9.17, 15) is 13.2 Å². The van der Waals surface area contributed by atoms with Gasteiger partial charge in [-0.25, -0.2) is 4.98 Å². The molecule has 2 N–H and O–H groups in total. The maximum Gasteiger partial charge on any atom is 0.415 e. The lowest BCUT2D eigenvalue weighted by atomic mass is 10.3. The number of aryl methyl sites for hydroxylation is 1. The molecule has 7 heteroatoms. The average molecular weight is 254 g/mol. The van der Waals surface area contributed by atoms with Crippen molar-refractivity contribution in [3.05, 3.63) is 16.1 Å². The summed E-state index contributed by atoms with van der Waals surface area (Å²) >= 11 is 1.42. The third kappa shape index (κ3) is 3.73. The molecule has 0 aliphatic carbocycles. The fourth-order valence-corrected chi connectivity index (χ4v) is 1.86. The van der Waals surface area contributed by atoms with Crippen LogP contribution in [0.25, 0.3) is 0 Å². The molecule has 0 bridgehead atoms. The summed E-state index contributed by atoms with van der Waals surface area (Å²) in [6.45, 7) is 3.06. The molecule has 92 valence electrons. The van der Waals surface area contributed by atoms with E-state index in [0.29, 0.717) is 5.01 Å². The summed E-state index contributed by atoms with van der Waals surface area (Å²) in [4.78, 5) is 5.05. The first-order valence-corrected chi connectivity index (χ1v) is 5.53. The van der Waals surface area contributed by atoms with Gasteiger partial charge in [0, 0.05) is 17.6 Å². The maximum absolute atomic E-state index is 12.0. The third-order valence-electron chi connectivity index (χ3n) is 2.00. The Balaban J connectivity index is 2.44. The number of nitrogens with one attached hydrogen (secondary N) is 1. The van der Waals surface area contributed by atoms with Crippen molar-refractivity contribution in [1.82, 2.24) is 10.3 Å². The standard InChI is InChI=1S/C9H13F3N2OS/c1-5-3-14-8(16-5)6(2)13-4-7(15)9(10,11)12/h3,6-7,13,15H,4H2,1-2H3. The fraction of sp³-hybridized carbons (Fsp3) is 0.667. The summed E-state index contributed by atoms with van der Waals surface area (Å²) in [5.74, 6) is 0. The molecule has 16 heavy (non-hydrogen) atoms. The molecule has 0 fully saturated rings. The van der Waals surface area contributed by atoms with Crippen LogP contribution in [0, 0.1) is 6.92 Å². The van der Waals surface area contributed by atoms with Crippen molar-refractivity contribution in [2.24, 2.45) is 0 Å². The van der Waals surface area contributed by atoms with Crippen LogP contribution in [0.15, 0.2) is 6.20 Å². The number of aliphatic hydroxyl groups excluding tert-OH is 1. The van der Waals surface area contributed by atoms with E-state index in [0.717, 1.165) is 4.88 Å². The average Bonchev–Trinajstić information content (AvgIpc) is 2.59. The van der Waals surface area contributed by atoms with Gasteiger partial charge in [-0.1, -0.05) is 0 Å². The topological polar surface area (TPSA) is 45.2 Å². The molecule has 0 saturated heterocycles. The molecule has 0 amide bonds. The van der Waals surface area contributed by atoms with Gasteiger partial charge in [-0.05, 0) is 13.8 Å². The molecule has 0 aliphatic rings. The second kappa shape index (κ2) is 5.11. The largest absolute Gasteiger partial charge is 0.415 e. The van der Waals surface area contributed by atoms with Crippen LogP contribution in [-0.4, -0.2) is 28.9 Å². The van der Waals surface area contributed by atoms with E-state index in [1.165, 1.54) is 11.3 Å². The molecule has 0 aromatic carbocycles. The predicted molar refractivity (Wildman–Crippen MR) is 55.3 cm³/mol. The first-order valence-electron chi connectivity index (χ1n) is 4.71. The van der Waals surface area contributed by atoms with Gasteiger partial charge in [0.15, 0.2) is 6.10 Å². The highest BCUT2D eigenvalue weighted by molar-refractivity contribution is 7.11. The Kier molecular flexibility index (Phi) is 4.28. The lowest BCUT2D eigenvalue weighted by molar-refractivity contribution is -0.202. The third-order valence-corrected chi connectivity index (χ3v) is 3.10. The Morgan fingerprint density at radius 3 is 2.62 bits per heavy atom. The van der Waals surface area contributed by atoms with Crippen LogP contribution in [0.2, 0.25) is 0 Å². The highest BCUT2D eigenvalue weighted by atomic mass is 32.1. The zero-order valence-corrected chi connectivity index (χ0v) is 9.69. The first kappa shape index (κ1) is 13.4. The Morgan fingerprint density at radius 1 is 1.56 bits per heavy atom. The van der Waals surface area contributed by atoms with Crippen molar-refractivity contribution in [3.8, 4) is 0 Å². The summed E-state index contributed by atoms with van der Waals surface area (Å²) in [5, 5.41) is 12.1. The number of aliphatic hydroxyl groups is 1. The molecule has 0 aliphatic heterocycles. The Hall–Kier alpha value is -0.660. The van der Waals surface area contributed by atoms with E-state index in [1.807, 2.05) is 6.92 Å². The van der Waals surface area contributed by atoms with Crippen molar-refractivity contribution in [1.29, 1.82) is 0 Å². The fourth-order valence-electron chi connectivity index (χ4n) is 1.06. The van der Waals surface area contributed by atoms with Gasteiger partial charge in [0.05, 0.1) is 6.04 Å². The van der Waals surface area contributed by atoms with Gasteiger partial charge in [0.25, 0.3) is 0 Å². The van der Waals surface area contributed by atoms with Crippen LogP contribution < -0.4 is 5.32 Å². The lowest BCUT2D eigenvalue weighted by Crippen LogP contribution is -2.39. The molecule has 3 nitrogen and oxygen atoms in total. The minimum Gasteiger partial charge on any atom is -0.382 e. The van der Waals surface area contributed by atoms with Crippen LogP contribution in [0.4, 0.5) is 13.2 Å². The number of thiazole rings is 1. The quantitative estimate of drug-likeness (QED) is 0.864. The molecular formula is C9H13F3N2OS. The first-order chi connectivity index (χ1) is 7.30. The van der Waals surface area contributed by atoms with Crippen LogP contribution in [0.1, 0.15) is 22.9 Å². The number of halogens is 3. The molecular weight excluding hydrogens is 241 g/mol. The van der Waals surface area contributed by atoms with Crippen LogP contribution in [0.3, 0.4) is 0 Å². The molecule has 0 spiro atoms. The minimum atomic E-state index is -4.58. The predicted octanol–water partition coefficient (Wildman–Crippen LogP) is 2.03. The van der Waals surface area contributed by atoms with E-state index in [-0.39, 0.29) is 6.04 Å². The smallest absolute Gasteiger partial charge is 0.382 e. The van der Waals surface area contributed by atoms with Crippen LogP contribution in [-0.2, 0) is 0 Å². The summed E-state index contributed by atoms with van der Waals surface area (Å²) in [5.41, 5.74) is 0. The monoisotopic (exact) mass is 254 g/mol. The van der Waals surface area contributed by atoms with Crippen molar-refractivity contribution < 1.29 is 18.3 Å². The van der Waals surface area contributed by atoms with Crippen molar-refractivity contribution in [3.63, 3.8) is 0 Å². The molecule has 1 rings (SSSR count). The molecule has 1 aromatic heterocycles. The van der Waals surface area contributed by atoms with Gasteiger partial charge < -0.3 is 10.4 Å². The molecule has 0 saturated carbocycles. The van der Waals surface area contributed by atoms with Gasteiger partial charge in [0.1, 0.15) is 5.01 Å². The van der Waals surface area contributed by atoms with Gasteiger partial charge in [-0.15, -0.1) is 11.3 Å². The number of alkyl halides is 3. The Morgan fingerprint density at radius 2 is 2.19 bits per heavy atom. The van der Waals surface area contributed by atoms with E-state index in [1.54, 1.807) is 13.1 Å². The summed E-state index contributed by atoms with van der Waals surface area (Å²) in [6.07, 6.45) is -5.25. The van der Waals surface area contributed by atoms with E-state index < -0.39 is 18.8 Å². The normalized spacial score (nSPS) is 16.1. The van der Waals surface area contributed by atoms with E-state index in [4.69, 9.17) is 5.11 Å².